The normalized spacial score (nSPS) is 18.4. The van der Waals surface area contributed by atoms with Gasteiger partial charge in [0.15, 0.2) is 5.17 Å². The first kappa shape index (κ1) is 14.8. The maximum Gasteiger partial charge on any atom is 0.331 e. The second-order valence-corrected chi connectivity index (χ2v) is 4.83. The molecule has 0 aromatic heterocycles. The summed E-state index contributed by atoms with van der Waals surface area (Å²) in [5.74, 6) is -0.982. The highest BCUT2D eigenvalue weighted by Crippen LogP contribution is 2.23. The Morgan fingerprint density at radius 2 is 2.19 bits per heavy atom. The van der Waals surface area contributed by atoms with Gasteiger partial charge in [-0.25, -0.2) is 4.79 Å². The predicted molar refractivity (Wildman–Crippen MR) is 79.0 cm³/mol. The number of rotatable bonds is 3. The van der Waals surface area contributed by atoms with E-state index < -0.39 is 11.9 Å². The number of benzene rings is 1. The fourth-order valence-corrected chi connectivity index (χ4v) is 2.12. The van der Waals surface area contributed by atoms with Crippen molar-refractivity contribution in [2.24, 2.45) is 10.2 Å². The third kappa shape index (κ3) is 3.93. The van der Waals surface area contributed by atoms with Gasteiger partial charge in [-0.3, -0.25) is 10.1 Å². The van der Waals surface area contributed by atoms with Crippen LogP contribution in [0.3, 0.4) is 0 Å². The third-order valence-corrected chi connectivity index (χ3v) is 3.28. The van der Waals surface area contributed by atoms with E-state index in [1.54, 1.807) is 18.2 Å². The molecule has 1 aromatic carbocycles. The Balaban J connectivity index is 2.07. The van der Waals surface area contributed by atoms with E-state index in [0.29, 0.717) is 5.56 Å². The summed E-state index contributed by atoms with van der Waals surface area (Å²) in [4.78, 5) is 22.8. The molecule has 0 atom stereocenters. The van der Waals surface area contributed by atoms with Crippen molar-refractivity contribution in [1.82, 2.24) is 5.32 Å². The van der Waals surface area contributed by atoms with Gasteiger partial charge in [0.25, 0.3) is 5.91 Å². The van der Waals surface area contributed by atoms with Gasteiger partial charge in [-0.1, -0.05) is 12.1 Å². The zero-order valence-electron chi connectivity index (χ0n) is 10.9. The molecule has 2 rings (SSSR count). The number of amidine groups is 1. The number of hydrogen-bond donors (Lipinski definition) is 2. The van der Waals surface area contributed by atoms with E-state index in [4.69, 9.17) is 0 Å². The SMILES string of the molecule is COC(=O)/C=C1\S/C(=N/N=C/c2ccccc2O)NC1=O. The molecular weight excluding hydrogens is 294 g/mol. The number of nitrogens with zero attached hydrogens (tertiary/aromatic N) is 2. The number of phenolic OH excluding ortho intramolecular Hbond substituents is 1. The number of methoxy groups -OCH3 is 1. The van der Waals surface area contributed by atoms with Crippen LogP contribution in [0.4, 0.5) is 0 Å². The van der Waals surface area contributed by atoms with Crippen LogP contribution in [0.15, 0.2) is 45.4 Å². The molecule has 108 valence electrons. The zero-order chi connectivity index (χ0) is 15.2. The van der Waals surface area contributed by atoms with Crippen molar-refractivity contribution in [3.05, 3.63) is 40.8 Å². The Labute approximate surface area is 124 Å². The molecule has 8 heteroatoms. The van der Waals surface area contributed by atoms with Crippen LogP contribution in [0.1, 0.15) is 5.56 Å². The van der Waals surface area contributed by atoms with Crippen molar-refractivity contribution in [2.75, 3.05) is 7.11 Å². The van der Waals surface area contributed by atoms with Gasteiger partial charge in [0.1, 0.15) is 5.75 Å². The van der Waals surface area contributed by atoms with Crippen LogP contribution in [-0.2, 0) is 14.3 Å². The molecule has 21 heavy (non-hydrogen) atoms. The van der Waals surface area contributed by atoms with Crippen LogP contribution in [0.2, 0.25) is 0 Å². The molecule has 1 heterocycles. The van der Waals surface area contributed by atoms with E-state index in [1.807, 2.05) is 0 Å². The van der Waals surface area contributed by atoms with Crippen LogP contribution in [-0.4, -0.2) is 35.5 Å². The molecule has 1 aliphatic rings. The Morgan fingerprint density at radius 3 is 2.90 bits per heavy atom. The summed E-state index contributed by atoms with van der Waals surface area (Å²) in [5.41, 5.74) is 0.501. The number of para-hydroxylation sites is 1. The Morgan fingerprint density at radius 1 is 1.43 bits per heavy atom. The number of carbonyl (C=O) groups is 2. The molecule has 2 N–H and O–H groups in total. The molecule has 1 fully saturated rings. The molecule has 1 amide bonds. The van der Waals surface area contributed by atoms with Crippen molar-refractivity contribution in [2.45, 2.75) is 0 Å². The predicted octanol–water partition coefficient (Wildman–Crippen LogP) is 1.00. The van der Waals surface area contributed by atoms with E-state index in [2.05, 4.69) is 20.3 Å². The van der Waals surface area contributed by atoms with Crippen molar-refractivity contribution in [3.8, 4) is 5.75 Å². The lowest BCUT2D eigenvalue weighted by Crippen LogP contribution is -2.19. The standard InChI is InChI=1S/C13H11N3O4S/c1-20-11(18)6-10-12(19)15-13(21-10)16-14-7-8-4-2-3-5-9(8)17/h2-7,17H,1H3,(H,15,16,19)/b10-6-,14-7+. The number of hydrogen-bond acceptors (Lipinski definition) is 7. The summed E-state index contributed by atoms with van der Waals surface area (Å²) in [6.45, 7) is 0. The minimum atomic E-state index is -0.619. The lowest BCUT2D eigenvalue weighted by molar-refractivity contribution is -0.135. The summed E-state index contributed by atoms with van der Waals surface area (Å²) < 4.78 is 4.44. The van der Waals surface area contributed by atoms with Gasteiger partial charge in [0, 0.05) is 11.6 Å². The quantitative estimate of drug-likeness (QED) is 0.375. The highest BCUT2D eigenvalue weighted by atomic mass is 32.2. The van der Waals surface area contributed by atoms with Gasteiger partial charge >= 0.3 is 5.97 Å². The number of nitrogens with one attached hydrogen (secondary N) is 1. The van der Waals surface area contributed by atoms with E-state index in [9.17, 15) is 14.7 Å². The molecule has 0 bridgehead atoms. The minimum absolute atomic E-state index is 0.0795. The average molecular weight is 305 g/mol. The molecule has 0 saturated carbocycles. The first-order valence-corrected chi connectivity index (χ1v) is 6.59. The summed E-state index contributed by atoms with van der Waals surface area (Å²) in [5, 5.41) is 19.8. The molecule has 1 aromatic rings. The lowest BCUT2D eigenvalue weighted by Gasteiger charge is -1.95. The van der Waals surface area contributed by atoms with Crippen LogP contribution >= 0.6 is 11.8 Å². The molecule has 0 radical (unpaired) electrons. The number of aromatic hydroxyl groups is 1. The first-order valence-electron chi connectivity index (χ1n) is 5.78. The summed E-state index contributed by atoms with van der Waals surface area (Å²) in [6.07, 6.45) is 2.44. The second kappa shape index (κ2) is 6.71. The van der Waals surface area contributed by atoms with Crippen LogP contribution in [0.25, 0.3) is 0 Å². The van der Waals surface area contributed by atoms with Gasteiger partial charge in [0.05, 0.1) is 18.2 Å². The van der Waals surface area contributed by atoms with Crippen LogP contribution in [0, 0.1) is 0 Å². The van der Waals surface area contributed by atoms with Crippen molar-refractivity contribution in [3.63, 3.8) is 0 Å². The highest BCUT2D eigenvalue weighted by Gasteiger charge is 2.24. The highest BCUT2D eigenvalue weighted by molar-refractivity contribution is 8.18. The summed E-state index contributed by atoms with van der Waals surface area (Å²) in [7, 11) is 1.22. The maximum atomic E-state index is 11.5. The molecule has 1 saturated heterocycles. The maximum absolute atomic E-state index is 11.5. The fourth-order valence-electron chi connectivity index (χ4n) is 1.38. The van der Waals surface area contributed by atoms with E-state index in [0.717, 1.165) is 17.8 Å². The summed E-state index contributed by atoms with van der Waals surface area (Å²) >= 11 is 0.975. The number of ether oxygens (including phenoxy) is 1. The largest absolute Gasteiger partial charge is 0.507 e. The lowest BCUT2D eigenvalue weighted by atomic mass is 10.2. The second-order valence-electron chi connectivity index (χ2n) is 3.80. The Hall–Kier alpha value is -2.61. The van der Waals surface area contributed by atoms with Gasteiger partial charge in [-0.2, -0.15) is 5.10 Å². The van der Waals surface area contributed by atoms with Gasteiger partial charge in [0.2, 0.25) is 0 Å². The van der Waals surface area contributed by atoms with Crippen molar-refractivity contribution >= 4 is 35.0 Å². The van der Waals surface area contributed by atoms with Gasteiger partial charge in [-0.05, 0) is 23.9 Å². The number of carbonyl (C=O) groups excluding carboxylic acids is 2. The smallest absolute Gasteiger partial charge is 0.331 e. The third-order valence-electron chi connectivity index (χ3n) is 2.38. The molecule has 0 spiro atoms. The first-order chi connectivity index (χ1) is 10.1. The average Bonchev–Trinajstić information content (AvgIpc) is 2.81. The number of amides is 1. The minimum Gasteiger partial charge on any atom is -0.507 e. The van der Waals surface area contributed by atoms with E-state index >= 15 is 0 Å². The van der Waals surface area contributed by atoms with E-state index in [-0.39, 0.29) is 15.8 Å². The Bertz CT molecular complexity index is 667. The topological polar surface area (TPSA) is 100 Å². The summed E-state index contributed by atoms with van der Waals surface area (Å²) in [6, 6.07) is 6.63. The number of esters is 1. The van der Waals surface area contributed by atoms with Crippen LogP contribution in [0.5, 0.6) is 5.75 Å². The molecule has 1 aliphatic heterocycles. The molecule has 7 nitrogen and oxygen atoms in total. The fraction of sp³-hybridized carbons (Fsp3) is 0.0769. The van der Waals surface area contributed by atoms with Gasteiger partial charge in [-0.15, -0.1) is 5.10 Å². The van der Waals surface area contributed by atoms with E-state index in [1.165, 1.54) is 19.4 Å². The number of thioether (sulfide) groups is 1. The monoisotopic (exact) mass is 305 g/mol. The molecule has 0 aliphatic carbocycles. The van der Waals surface area contributed by atoms with Crippen LogP contribution < -0.4 is 5.32 Å². The Kier molecular flexibility index (Phi) is 4.72. The van der Waals surface area contributed by atoms with Crippen molar-refractivity contribution < 1.29 is 19.4 Å². The molecular formula is C13H11N3O4S. The van der Waals surface area contributed by atoms with Crippen molar-refractivity contribution in [1.29, 1.82) is 0 Å². The number of phenols is 1. The zero-order valence-corrected chi connectivity index (χ0v) is 11.8. The van der Waals surface area contributed by atoms with Gasteiger partial charge < -0.3 is 9.84 Å². The molecule has 0 unspecified atom stereocenters.